The van der Waals surface area contributed by atoms with E-state index in [4.69, 9.17) is 9.47 Å². The molecule has 3 aromatic carbocycles. The third kappa shape index (κ3) is 13.8. The lowest BCUT2D eigenvalue weighted by atomic mass is 9.87. The number of para-hydroxylation sites is 2. The molecule has 0 radical (unpaired) electrons. The number of fused-ring (bicyclic) bond motifs is 5. The Bertz CT molecular complexity index is 2030. The zero-order valence-corrected chi connectivity index (χ0v) is 46.2. The van der Waals surface area contributed by atoms with Gasteiger partial charge in [-0.1, -0.05) is 151 Å². The molecule has 390 valence electrons. The predicted octanol–water partition coefficient (Wildman–Crippen LogP) is 17.4. The number of hydrogen-bond donors (Lipinski definition) is 0. The van der Waals surface area contributed by atoms with Crippen LogP contribution in [0.2, 0.25) is 0 Å². The van der Waals surface area contributed by atoms with E-state index in [1.807, 2.05) is 0 Å². The topological polar surface area (TPSA) is 24.5 Å². The zero-order chi connectivity index (χ0) is 49.3. The van der Waals surface area contributed by atoms with E-state index in [0.717, 1.165) is 28.4 Å². The Morgan fingerprint density at radius 2 is 0.729 bits per heavy atom. The van der Waals surface area contributed by atoms with Crippen molar-refractivity contribution in [2.75, 3.05) is 52.4 Å². The van der Waals surface area contributed by atoms with Crippen LogP contribution in [0.3, 0.4) is 0 Å². The summed E-state index contributed by atoms with van der Waals surface area (Å²) in [7, 11) is 0. The van der Waals surface area contributed by atoms with Gasteiger partial charge in [0.15, 0.2) is 23.9 Å². The van der Waals surface area contributed by atoms with Crippen molar-refractivity contribution in [2.45, 2.75) is 236 Å². The number of nitrogens with zero attached hydrogens (tertiary/aromatic N) is 4. The first-order valence-corrected chi connectivity index (χ1v) is 29.3. The molecule has 3 aliphatic rings. The second-order valence-corrected chi connectivity index (χ2v) is 22.3. The molecule has 3 aliphatic heterocycles. The fraction of sp³-hybridized carbons (Fsp3) is 0.688. The lowest BCUT2D eigenvalue weighted by Gasteiger charge is -2.40. The van der Waals surface area contributed by atoms with Crippen molar-refractivity contribution in [3.05, 3.63) is 81.9 Å². The molecule has 70 heavy (non-hydrogen) atoms. The zero-order valence-electron chi connectivity index (χ0n) is 46.2. The van der Waals surface area contributed by atoms with Crippen LogP contribution >= 0.6 is 0 Å². The highest BCUT2D eigenvalue weighted by atomic mass is 16.7. The summed E-state index contributed by atoms with van der Waals surface area (Å²) in [4.78, 5) is 0. The molecule has 0 saturated heterocycles. The van der Waals surface area contributed by atoms with Gasteiger partial charge in [0, 0.05) is 12.1 Å². The van der Waals surface area contributed by atoms with Crippen molar-refractivity contribution < 1.29 is 27.6 Å². The molecular formula is C64H106N4O2+4. The van der Waals surface area contributed by atoms with Crippen LogP contribution in [-0.4, -0.2) is 88.9 Å². The minimum absolute atomic E-state index is 0. The second kappa shape index (κ2) is 28.1. The smallest absolute Gasteiger partial charge is 0.340 e. The Morgan fingerprint density at radius 3 is 1.04 bits per heavy atom. The maximum atomic E-state index is 7.43. The summed E-state index contributed by atoms with van der Waals surface area (Å²) in [6.07, 6.45) is 33.0. The first-order chi connectivity index (χ1) is 33.6. The number of benzene rings is 3. The van der Waals surface area contributed by atoms with Gasteiger partial charge in [-0.25, -0.2) is 0 Å². The van der Waals surface area contributed by atoms with E-state index in [-0.39, 0.29) is 7.43 Å². The van der Waals surface area contributed by atoms with Crippen molar-refractivity contribution in [3.63, 3.8) is 0 Å². The predicted molar refractivity (Wildman–Crippen MR) is 302 cm³/mol. The Labute approximate surface area is 431 Å². The fourth-order valence-corrected chi connectivity index (χ4v) is 12.5. The van der Waals surface area contributed by atoms with E-state index >= 15 is 0 Å². The van der Waals surface area contributed by atoms with E-state index < -0.39 is 6.03 Å². The number of rotatable bonds is 34. The van der Waals surface area contributed by atoms with Crippen LogP contribution in [0.5, 0.6) is 11.5 Å². The average molecular weight is 964 g/mol. The SMILES string of the molecule is C.CCCCC(CCCC)c1cc(C)c2c(c1)C=[N+]1c3ccccc3[N+]3=Cc4cc(C(CCC[N+](CCCC)(CCCC)CCCC)CCC[N+](CCCC)(CCCC)CCCC)cc(C)c4OC13O2. The number of aryl methyl sites for hydroxylation is 2. The van der Waals surface area contributed by atoms with Crippen LogP contribution in [0.4, 0.5) is 11.4 Å². The molecule has 1 spiro atoms. The van der Waals surface area contributed by atoms with Crippen molar-refractivity contribution in [3.8, 4) is 11.5 Å². The van der Waals surface area contributed by atoms with Gasteiger partial charge < -0.3 is 18.4 Å². The highest BCUT2D eigenvalue weighted by Gasteiger charge is 2.72. The summed E-state index contributed by atoms with van der Waals surface area (Å²) in [5.74, 6) is 2.96. The molecule has 0 amide bonds. The molecule has 3 heterocycles. The number of hydrogen-bond acceptors (Lipinski definition) is 2. The summed E-state index contributed by atoms with van der Waals surface area (Å²) < 4.78 is 22.0. The maximum Gasteiger partial charge on any atom is 0.715 e. The van der Waals surface area contributed by atoms with Gasteiger partial charge >= 0.3 is 6.03 Å². The Hall–Kier alpha value is -3.48. The van der Waals surface area contributed by atoms with Gasteiger partial charge in [-0.2, -0.15) is 0 Å². The molecule has 0 bridgehead atoms. The van der Waals surface area contributed by atoms with E-state index in [2.05, 4.69) is 139 Å². The Morgan fingerprint density at radius 1 is 0.429 bits per heavy atom. The summed E-state index contributed by atoms with van der Waals surface area (Å²) >= 11 is 0. The number of quaternary nitrogens is 2. The van der Waals surface area contributed by atoms with Crippen molar-refractivity contribution >= 4 is 23.8 Å². The van der Waals surface area contributed by atoms with E-state index in [1.165, 1.54) is 230 Å². The van der Waals surface area contributed by atoms with Crippen LogP contribution in [-0.2, 0) is 0 Å². The first kappa shape index (κ1) is 57.4. The van der Waals surface area contributed by atoms with Gasteiger partial charge in [0.2, 0.25) is 0 Å². The fourth-order valence-electron chi connectivity index (χ4n) is 12.5. The second-order valence-electron chi connectivity index (χ2n) is 22.3. The molecule has 6 nitrogen and oxygen atoms in total. The minimum atomic E-state index is -1.17. The molecule has 0 saturated carbocycles. The standard InChI is InChI=1S/C63H102N4O2.CH4/c1-11-19-31-53(32-20-12-2)55-45-51(9)61-57(47-55)49-64-59-35-27-28-36-60(59)65-50-58-48-56(46-52(10)62(58)69-63(64,65)68-61)54(33-29-43-66(37-21-13-3,38-22-14-4)39-23-15-5)34-30-44-67(40-24-16-6,41-25-17-7)42-26-18-8;/h27-28,35-36,45-50,53-54H,11-26,29-34,37-44H2,1-10H3;1H4/q+4;. The molecule has 3 aromatic rings. The Kier molecular flexibility index (Phi) is 23.1. The molecule has 6 heteroatoms. The summed E-state index contributed by atoms with van der Waals surface area (Å²) in [5.41, 5.74) is 9.91. The summed E-state index contributed by atoms with van der Waals surface area (Å²) in [5, 5.41) is 0. The van der Waals surface area contributed by atoms with Gasteiger partial charge in [-0.3, -0.25) is 0 Å². The molecule has 1 unspecified atom stereocenters. The molecule has 0 aliphatic carbocycles. The first-order valence-electron chi connectivity index (χ1n) is 29.3. The largest absolute Gasteiger partial charge is 0.715 e. The van der Waals surface area contributed by atoms with Gasteiger partial charge in [0.05, 0.1) is 63.5 Å². The molecule has 6 rings (SSSR count). The minimum Gasteiger partial charge on any atom is -0.340 e. The summed E-state index contributed by atoms with van der Waals surface area (Å²) in [6.45, 7) is 34.2. The van der Waals surface area contributed by atoms with Crippen LogP contribution < -0.4 is 9.47 Å². The van der Waals surface area contributed by atoms with Crippen molar-refractivity contribution in [1.29, 1.82) is 0 Å². The van der Waals surface area contributed by atoms with E-state index in [1.54, 1.807) is 0 Å². The average Bonchev–Trinajstić information content (AvgIpc) is 3.63. The van der Waals surface area contributed by atoms with Crippen LogP contribution in [0, 0.1) is 13.8 Å². The van der Waals surface area contributed by atoms with Crippen molar-refractivity contribution in [2.24, 2.45) is 0 Å². The molecular weight excluding hydrogens is 857 g/mol. The van der Waals surface area contributed by atoms with Crippen LogP contribution in [0.15, 0.2) is 48.5 Å². The van der Waals surface area contributed by atoms with Gasteiger partial charge in [0.25, 0.3) is 11.4 Å². The van der Waals surface area contributed by atoms with Crippen LogP contribution in [0.25, 0.3) is 0 Å². The van der Waals surface area contributed by atoms with E-state index in [0.29, 0.717) is 11.8 Å². The lowest BCUT2D eigenvalue weighted by molar-refractivity contribution is -0.929. The Balaban J connectivity index is 0.00000913. The normalized spacial score (nSPS) is 15.9. The monoisotopic (exact) mass is 963 g/mol. The summed E-state index contributed by atoms with van der Waals surface area (Å²) in [6, 6.07) is 17.5. The lowest BCUT2D eigenvalue weighted by Crippen LogP contribution is -2.59. The van der Waals surface area contributed by atoms with Crippen LogP contribution in [0.1, 0.15) is 249 Å². The number of ether oxygens (including phenoxy) is 2. The van der Waals surface area contributed by atoms with Crippen molar-refractivity contribution in [1.82, 2.24) is 0 Å². The number of unbranched alkanes of at least 4 members (excludes halogenated alkanes) is 8. The van der Waals surface area contributed by atoms with E-state index in [9.17, 15) is 0 Å². The molecule has 0 aromatic heterocycles. The molecule has 0 N–H and O–H groups in total. The quantitative estimate of drug-likeness (QED) is 0.0440. The van der Waals surface area contributed by atoms with Gasteiger partial charge in [-0.05, 0) is 146 Å². The third-order valence-electron chi connectivity index (χ3n) is 16.7. The van der Waals surface area contributed by atoms with Gasteiger partial charge in [0.1, 0.15) is 0 Å². The highest BCUT2D eigenvalue weighted by Crippen LogP contribution is 2.50. The molecule has 0 fully saturated rings. The third-order valence-corrected chi connectivity index (χ3v) is 16.7. The van der Waals surface area contributed by atoms with Gasteiger partial charge in [-0.15, -0.1) is 0 Å². The maximum absolute atomic E-state index is 7.43. The molecule has 1 atom stereocenters. The highest BCUT2D eigenvalue weighted by molar-refractivity contribution is 5.87.